The van der Waals surface area contributed by atoms with E-state index in [0.29, 0.717) is 6.42 Å². The van der Waals surface area contributed by atoms with E-state index < -0.39 is 0 Å². The van der Waals surface area contributed by atoms with E-state index in [9.17, 15) is 9.90 Å². The highest BCUT2D eigenvalue weighted by atomic mass is 16.3. The molecule has 1 heterocycles. The standard InChI is InChI=1S/C15H29NO2/c1-5-15(3,4)14(18)16-10-8-6-7-9-13(16)11-12(2)17/h12-13,17H,5-11H2,1-4H3. The van der Waals surface area contributed by atoms with Crippen LogP contribution >= 0.6 is 0 Å². The molecule has 1 aliphatic rings. The Morgan fingerprint density at radius 1 is 1.39 bits per heavy atom. The monoisotopic (exact) mass is 255 g/mol. The molecule has 0 aromatic rings. The average Bonchev–Trinajstić information content (AvgIpc) is 2.52. The number of nitrogens with zero attached hydrogens (tertiary/aromatic N) is 1. The number of carbonyl (C=O) groups excluding carboxylic acids is 1. The molecule has 0 aromatic carbocycles. The summed E-state index contributed by atoms with van der Waals surface area (Å²) in [5.74, 6) is 0.262. The lowest BCUT2D eigenvalue weighted by Crippen LogP contribution is -2.47. The Bertz CT molecular complexity index is 274. The largest absolute Gasteiger partial charge is 0.393 e. The quantitative estimate of drug-likeness (QED) is 0.839. The zero-order valence-electron chi connectivity index (χ0n) is 12.4. The minimum atomic E-state index is -0.326. The number of likely N-dealkylation sites (tertiary alicyclic amines) is 1. The van der Waals surface area contributed by atoms with E-state index in [-0.39, 0.29) is 23.5 Å². The Labute approximate surface area is 112 Å². The Kier molecular flexibility index (Phi) is 5.64. The lowest BCUT2D eigenvalue weighted by molar-refractivity contribution is -0.143. The van der Waals surface area contributed by atoms with Gasteiger partial charge in [-0.25, -0.2) is 0 Å². The summed E-state index contributed by atoms with van der Waals surface area (Å²) in [5.41, 5.74) is -0.277. The maximum atomic E-state index is 12.6. The molecule has 0 aromatic heterocycles. The zero-order valence-corrected chi connectivity index (χ0v) is 12.4. The van der Waals surface area contributed by atoms with Crippen molar-refractivity contribution in [2.24, 2.45) is 5.41 Å². The van der Waals surface area contributed by atoms with Crippen LogP contribution in [0, 0.1) is 5.41 Å². The normalized spacial score (nSPS) is 23.6. The van der Waals surface area contributed by atoms with Crippen molar-refractivity contribution in [3.05, 3.63) is 0 Å². The third-order valence-corrected chi connectivity index (χ3v) is 4.21. The molecule has 0 aliphatic carbocycles. The van der Waals surface area contributed by atoms with Crippen LogP contribution in [0.25, 0.3) is 0 Å². The number of aliphatic hydroxyl groups excluding tert-OH is 1. The molecule has 106 valence electrons. The van der Waals surface area contributed by atoms with Gasteiger partial charge in [-0.2, -0.15) is 0 Å². The topological polar surface area (TPSA) is 40.5 Å². The summed E-state index contributed by atoms with van der Waals surface area (Å²) in [6, 6.07) is 0.228. The van der Waals surface area contributed by atoms with Gasteiger partial charge in [0.2, 0.25) is 5.91 Å². The first-order chi connectivity index (χ1) is 8.38. The van der Waals surface area contributed by atoms with Gasteiger partial charge >= 0.3 is 0 Å². The Balaban J connectivity index is 2.81. The highest BCUT2D eigenvalue weighted by Gasteiger charge is 2.34. The van der Waals surface area contributed by atoms with E-state index in [1.807, 2.05) is 25.7 Å². The predicted molar refractivity (Wildman–Crippen MR) is 74.3 cm³/mol. The highest BCUT2D eigenvalue weighted by molar-refractivity contribution is 5.82. The van der Waals surface area contributed by atoms with Gasteiger partial charge in [0.1, 0.15) is 0 Å². The van der Waals surface area contributed by atoms with Gasteiger partial charge < -0.3 is 10.0 Å². The highest BCUT2D eigenvalue weighted by Crippen LogP contribution is 2.28. The number of carbonyl (C=O) groups is 1. The number of hydrogen-bond donors (Lipinski definition) is 1. The van der Waals surface area contributed by atoms with Gasteiger partial charge in [-0.3, -0.25) is 4.79 Å². The first-order valence-corrected chi connectivity index (χ1v) is 7.37. The first kappa shape index (κ1) is 15.5. The molecule has 0 radical (unpaired) electrons. The van der Waals surface area contributed by atoms with Crippen LogP contribution in [-0.4, -0.2) is 34.6 Å². The molecular formula is C15H29NO2. The molecule has 1 amide bonds. The Morgan fingerprint density at radius 2 is 2.06 bits per heavy atom. The molecule has 0 saturated carbocycles. The van der Waals surface area contributed by atoms with Crippen molar-refractivity contribution in [1.29, 1.82) is 0 Å². The summed E-state index contributed by atoms with van der Waals surface area (Å²) in [7, 11) is 0. The van der Waals surface area contributed by atoms with Crippen molar-refractivity contribution < 1.29 is 9.90 Å². The lowest BCUT2D eigenvalue weighted by Gasteiger charge is -2.36. The van der Waals surface area contributed by atoms with E-state index in [1.165, 1.54) is 12.8 Å². The molecule has 1 fully saturated rings. The van der Waals surface area contributed by atoms with E-state index >= 15 is 0 Å². The van der Waals surface area contributed by atoms with Crippen LogP contribution < -0.4 is 0 Å². The van der Waals surface area contributed by atoms with Crippen LogP contribution in [0.4, 0.5) is 0 Å². The second-order valence-corrected chi connectivity index (χ2v) is 6.32. The molecule has 0 bridgehead atoms. The third-order valence-electron chi connectivity index (χ3n) is 4.21. The fourth-order valence-electron chi connectivity index (χ4n) is 2.62. The van der Waals surface area contributed by atoms with Crippen LogP contribution in [0.2, 0.25) is 0 Å². The maximum Gasteiger partial charge on any atom is 0.228 e. The maximum absolute atomic E-state index is 12.6. The predicted octanol–water partition coefficient (Wildman–Crippen LogP) is 2.96. The molecule has 1 rings (SSSR count). The van der Waals surface area contributed by atoms with Crippen molar-refractivity contribution in [3.63, 3.8) is 0 Å². The first-order valence-electron chi connectivity index (χ1n) is 7.37. The molecule has 1 aliphatic heterocycles. The molecule has 18 heavy (non-hydrogen) atoms. The average molecular weight is 255 g/mol. The summed E-state index contributed by atoms with van der Waals surface area (Å²) in [4.78, 5) is 14.7. The fraction of sp³-hybridized carbons (Fsp3) is 0.933. The minimum absolute atomic E-state index is 0.228. The van der Waals surface area contributed by atoms with Gasteiger partial charge in [-0.1, -0.05) is 33.6 Å². The van der Waals surface area contributed by atoms with Crippen molar-refractivity contribution in [3.8, 4) is 0 Å². The minimum Gasteiger partial charge on any atom is -0.393 e. The number of hydrogen-bond acceptors (Lipinski definition) is 2. The molecular weight excluding hydrogens is 226 g/mol. The van der Waals surface area contributed by atoms with Crippen molar-refractivity contribution >= 4 is 5.91 Å². The molecule has 0 spiro atoms. The number of rotatable bonds is 4. The van der Waals surface area contributed by atoms with Crippen LogP contribution in [-0.2, 0) is 4.79 Å². The molecule has 3 nitrogen and oxygen atoms in total. The summed E-state index contributed by atoms with van der Waals surface area (Å²) in [6.45, 7) is 8.80. The SMILES string of the molecule is CCC(C)(C)C(=O)N1CCCCCC1CC(C)O. The second kappa shape index (κ2) is 6.55. The molecule has 1 N–H and O–H groups in total. The van der Waals surface area contributed by atoms with E-state index in [4.69, 9.17) is 0 Å². The third kappa shape index (κ3) is 3.98. The van der Waals surface area contributed by atoms with Gasteiger partial charge in [0.15, 0.2) is 0 Å². The van der Waals surface area contributed by atoms with Gasteiger partial charge in [0.05, 0.1) is 6.10 Å². The van der Waals surface area contributed by atoms with Crippen molar-refractivity contribution in [1.82, 2.24) is 4.90 Å². The summed E-state index contributed by atoms with van der Waals surface area (Å²) >= 11 is 0. The van der Waals surface area contributed by atoms with Crippen LogP contribution in [0.3, 0.4) is 0 Å². The Morgan fingerprint density at radius 3 is 2.61 bits per heavy atom. The van der Waals surface area contributed by atoms with E-state index in [1.54, 1.807) is 0 Å². The van der Waals surface area contributed by atoms with Crippen molar-refractivity contribution in [2.45, 2.75) is 78.4 Å². The lowest BCUT2D eigenvalue weighted by atomic mass is 9.87. The molecule has 1 saturated heterocycles. The summed E-state index contributed by atoms with van der Waals surface area (Å²) < 4.78 is 0. The van der Waals surface area contributed by atoms with Crippen LogP contribution in [0.5, 0.6) is 0 Å². The zero-order chi connectivity index (χ0) is 13.8. The molecule has 2 atom stereocenters. The smallest absolute Gasteiger partial charge is 0.228 e. The fourth-order valence-corrected chi connectivity index (χ4v) is 2.62. The van der Waals surface area contributed by atoms with E-state index in [0.717, 1.165) is 25.8 Å². The van der Waals surface area contributed by atoms with Crippen LogP contribution in [0.1, 0.15) is 66.2 Å². The van der Waals surface area contributed by atoms with Crippen LogP contribution in [0.15, 0.2) is 0 Å². The molecule has 3 heteroatoms. The summed E-state index contributed by atoms with van der Waals surface area (Å²) in [5, 5.41) is 9.62. The number of amides is 1. The second-order valence-electron chi connectivity index (χ2n) is 6.32. The van der Waals surface area contributed by atoms with Gasteiger partial charge in [-0.15, -0.1) is 0 Å². The van der Waals surface area contributed by atoms with Gasteiger partial charge in [-0.05, 0) is 32.6 Å². The van der Waals surface area contributed by atoms with Crippen molar-refractivity contribution in [2.75, 3.05) is 6.54 Å². The number of aliphatic hydroxyl groups is 1. The summed E-state index contributed by atoms with van der Waals surface area (Å²) in [6.07, 6.45) is 5.77. The van der Waals surface area contributed by atoms with E-state index in [2.05, 4.69) is 6.92 Å². The van der Waals surface area contributed by atoms with Gasteiger partial charge in [0.25, 0.3) is 0 Å². The molecule has 2 unspecified atom stereocenters. The van der Waals surface area contributed by atoms with Gasteiger partial charge in [0, 0.05) is 18.0 Å². The Hall–Kier alpha value is -0.570.